The van der Waals surface area contributed by atoms with Gasteiger partial charge in [-0.25, -0.2) is 4.98 Å². The number of nitrogens with zero attached hydrogens (tertiary/aromatic N) is 2. The van der Waals surface area contributed by atoms with Crippen LogP contribution in [0.2, 0.25) is 5.02 Å². The van der Waals surface area contributed by atoms with Crippen molar-refractivity contribution in [3.05, 3.63) is 35.2 Å². The molecule has 0 radical (unpaired) electrons. The van der Waals surface area contributed by atoms with Crippen LogP contribution in [0.15, 0.2) is 24.5 Å². The van der Waals surface area contributed by atoms with E-state index >= 15 is 0 Å². The second-order valence-electron chi connectivity index (χ2n) is 5.87. The third kappa shape index (κ3) is 3.14. The number of aromatic nitrogens is 2. The highest BCUT2D eigenvalue weighted by molar-refractivity contribution is 6.30. The molecule has 0 aromatic carbocycles. The molecule has 3 heterocycles. The molecule has 2 aromatic rings. The fourth-order valence-electron chi connectivity index (χ4n) is 2.64. The third-order valence-corrected chi connectivity index (χ3v) is 4.25. The molecule has 1 aliphatic rings. The Bertz CT molecular complexity index is 590. The number of imidazole rings is 1. The molecule has 1 fully saturated rings. The summed E-state index contributed by atoms with van der Waals surface area (Å²) < 4.78 is 7.39. The third-order valence-electron chi connectivity index (χ3n) is 4.02. The van der Waals surface area contributed by atoms with Crippen LogP contribution >= 0.6 is 11.6 Å². The molecule has 0 saturated carbocycles. The Balaban J connectivity index is 1.59. The number of hydrogen-bond donors (Lipinski definition) is 1. The minimum Gasteiger partial charge on any atom is -0.381 e. The number of hydrogen-bond acceptors (Lipinski definition) is 3. The van der Waals surface area contributed by atoms with Crippen LogP contribution in [-0.2, 0) is 11.3 Å². The largest absolute Gasteiger partial charge is 0.381 e. The van der Waals surface area contributed by atoms with E-state index in [1.807, 2.05) is 28.9 Å². The van der Waals surface area contributed by atoms with Gasteiger partial charge in [0.1, 0.15) is 5.65 Å². The zero-order valence-corrected chi connectivity index (χ0v) is 12.5. The standard InChI is InChI=1S/C15H20ClN3O/c1-15(4-6-20-7-5-15)11-17-8-13-10-19-9-12(16)2-3-14(19)18-13/h2-3,9-10,17H,4-8,11H2,1H3. The zero-order chi connectivity index (χ0) is 14.0. The molecule has 0 unspecified atom stereocenters. The quantitative estimate of drug-likeness (QED) is 0.942. The number of halogens is 1. The van der Waals surface area contributed by atoms with Gasteiger partial charge < -0.3 is 14.5 Å². The Hall–Kier alpha value is -1.10. The summed E-state index contributed by atoms with van der Waals surface area (Å²) in [5, 5.41) is 4.25. The van der Waals surface area contributed by atoms with Gasteiger partial charge in [0.05, 0.1) is 10.7 Å². The molecule has 108 valence electrons. The van der Waals surface area contributed by atoms with E-state index in [4.69, 9.17) is 16.3 Å². The van der Waals surface area contributed by atoms with Crippen LogP contribution in [0.25, 0.3) is 5.65 Å². The summed E-state index contributed by atoms with van der Waals surface area (Å²) in [4.78, 5) is 4.58. The van der Waals surface area contributed by atoms with E-state index < -0.39 is 0 Å². The first-order valence-corrected chi connectivity index (χ1v) is 7.44. The molecule has 3 rings (SSSR count). The predicted octanol–water partition coefficient (Wildman–Crippen LogP) is 2.89. The molecule has 0 atom stereocenters. The van der Waals surface area contributed by atoms with Crippen molar-refractivity contribution in [3.63, 3.8) is 0 Å². The Morgan fingerprint density at radius 2 is 2.15 bits per heavy atom. The van der Waals surface area contributed by atoms with Gasteiger partial charge in [0.25, 0.3) is 0 Å². The van der Waals surface area contributed by atoms with Crippen LogP contribution in [0, 0.1) is 5.41 Å². The molecule has 2 aromatic heterocycles. The lowest BCUT2D eigenvalue weighted by Crippen LogP contribution is -2.36. The van der Waals surface area contributed by atoms with Crippen LogP contribution in [0.5, 0.6) is 0 Å². The van der Waals surface area contributed by atoms with Gasteiger partial charge in [-0.05, 0) is 30.4 Å². The molecule has 0 aliphatic carbocycles. The van der Waals surface area contributed by atoms with Gasteiger partial charge in [-0.3, -0.25) is 0 Å². The van der Waals surface area contributed by atoms with Crippen molar-refractivity contribution in [2.75, 3.05) is 19.8 Å². The lowest BCUT2D eigenvalue weighted by Gasteiger charge is -2.33. The summed E-state index contributed by atoms with van der Waals surface area (Å²) in [6.07, 6.45) is 6.16. The van der Waals surface area contributed by atoms with Gasteiger partial charge in [0, 0.05) is 38.7 Å². The number of fused-ring (bicyclic) bond motifs is 1. The molecule has 4 nitrogen and oxygen atoms in total. The number of nitrogens with one attached hydrogen (secondary N) is 1. The molecule has 5 heteroatoms. The zero-order valence-electron chi connectivity index (χ0n) is 11.7. The molecule has 1 aliphatic heterocycles. The summed E-state index contributed by atoms with van der Waals surface area (Å²) in [5.41, 5.74) is 2.33. The van der Waals surface area contributed by atoms with Gasteiger partial charge in [-0.1, -0.05) is 18.5 Å². The minimum absolute atomic E-state index is 0.348. The first kappa shape index (κ1) is 13.9. The highest BCUT2D eigenvalue weighted by Gasteiger charge is 2.26. The molecular formula is C15H20ClN3O. The maximum absolute atomic E-state index is 5.98. The van der Waals surface area contributed by atoms with Crippen LogP contribution in [0.3, 0.4) is 0 Å². The lowest BCUT2D eigenvalue weighted by atomic mass is 9.82. The fourth-order valence-corrected chi connectivity index (χ4v) is 2.80. The summed E-state index contributed by atoms with van der Waals surface area (Å²) in [5.74, 6) is 0. The average Bonchev–Trinajstić information content (AvgIpc) is 2.81. The first-order valence-electron chi connectivity index (χ1n) is 7.06. The molecule has 0 bridgehead atoms. The van der Waals surface area contributed by atoms with Gasteiger partial charge in [-0.2, -0.15) is 0 Å². The average molecular weight is 294 g/mol. The molecule has 0 spiro atoms. The maximum atomic E-state index is 5.98. The van der Waals surface area contributed by atoms with E-state index in [0.29, 0.717) is 5.41 Å². The Kier molecular flexibility index (Phi) is 3.96. The Morgan fingerprint density at radius 3 is 2.95 bits per heavy atom. The van der Waals surface area contributed by atoms with E-state index in [9.17, 15) is 0 Å². The SMILES string of the molecule is CC1(CNCc2cn3cc(Cl)ccc3n2)CCOCC1. The Labute approximate surface area is 124 Å². The fraction of sp³-hybridized carbons (Fsp3) is 0.533. The second kappa shape index (κ2) is 5.72. The topological polar surface area (TPSA) is 38.6 Å². The number of rotatable bonds is 4. The smallest absolute Gasteiger partial charge is 0.137 e. The monoisotopic (exact) mass is 293 g/mol. The molecule has 20 heavy (non-hydrogen) atoms. The summed E-state index contributed by atoms with van der Waals surface area (Å²) in [7, 11) is 0. The molecule has 1 N–H and O–H groups in total. The Morgan fingerprint density at radius 1 is 1.35 bits per heavy atom. The molecular weight excluding hydrogens is 274 g/mol. The van der Waals surface area contributed by atoms with Crippen molar-refractivity contribution in [3.8, 4) is 0 Å². The van der Waals surface area contributed by atoms with Crippen molar-refractivity contribution in [1.82, 2.24) is 14.7 Å². The van der Waals surface area contributed by atoms with Crippen molar-refractivity contribution in [1.29, 1.82) is 0 Å². The van der Waals surface area contributed by atoms with Crippen LogP contribution in [0.4, 0.5) is 0 Å². The predicted molar refractivity (Wildman–Crippen MR) is 80.1 cm³/mol. The minimum atomic E-state index is 0.348. The van der Waals surface area contributed by atoms with E-state index in [1.165, 1.54) is 0 Å². The van der Waals surface area contributed by atoms with E-state index in [0.717, 1.165) is 55.5 Å². The highest BCUT2D eigenvalue weighted by atomic mass is 35.5. The first-order chi connectivity index (χ1) is 9.65. The van der Waals surface area contributed by atoms with Gasteiger partial charge in [0.2, 0.25) is 0 Å². The van der Waals surface area contributed by atoms with Gasteiger partial charge >= 0.3 is 0 Å². The van der Waals surface area contributed by atoms with E-state index in [2.05, 4.69) is 17.2 Å². The summed E-state index contributed by atoms with van der Waals surface area (Å²) >= 11 is 5.98. The van der Waals surface area contributed by atoms with Gasteiger partial charge in [0.15, 0.2) is 0 Å². The van der Waals surface area contributed by atoms with Crippen LogP contribution in [-0.4, -0.2) is 29.1 Å². The second-order valence-corrected chi connectivity index (χ2v) is 6.31. The van der Waals surface area contributed by atoms with Gasteiger partial charge in [-0.15, -0.1) is 0 Å². The lowest BCUT2D eigenvalue weighted by molar-refractivity contribution is 0.0240. The highest BCUT2D eigenvalue weighted by Crippen LogP contribution is 2.28. The number of ether oxygens (including phenoxy) is 1. The maximum Gasteiger partial charge on any atom is 0.137 e. The van der Waals surface area contributed by atoms with Crippen molar-refractivity contribution >= 4 is 17.2 Å². The van der Waals surface area contributed by atoms with Crippen molar-refractivity contribution in [2.45, 2.75) is 26.3 Å². The van der Waals surface area contributed by atoms with Crippen molar-refractivity contribution < 1.29 is 4.74 Å². The van der Waals surface area contributed by atoms with E-state index in [-0.39, 0.29) is 0 Å². The van der Waals surface area contributed by atoms with Crippen molar-refractivity contribution in [2.24, 2.45) is 5.41 Å². The molecule has 1 saturated heterocycles. The van der Waals surface area contributed by atoms with Crippen LogP contribution < -0.4 is 5.32 Å². The van der Waals surface area contributed by atoms with Crippen LogP contribution in [0.1, 0.15) is 25.5 Å². The summed E-state index contributed by atoms with van der Waals surface area (Å²) in [6, 6.07) is 3.80. The summed E-state index contributed by atoms with van der Waals surface area (Å²) in [6.45, 7) is 5.88. The molecule has 0 amide bonds. The normalized spacial score (nSPS) is 18.5. The van der Waals surface area contributed by atoms with E-state index in [1.54, 1.807) is 0 Å². The number of pyridine rings is 1.